The standard InChI is InChI=1S/C6H11NO2/c1-2-3-7-4-6(8)9-5-7/h2-5H2,1H3. The lowest BCUT2D eigenvalue weighted by Crippen LogP contribution is -2.21. The van der Waals surface area contributed by atoms with Crippen LogP contribution in [0, 0.1) is 0 Å². The predicted molar refractivity (Wildman–Crippen MR) is 32.8 cm³/mol. The molecule has 0 aromatic heterocycles. The summed E-state index contributed by atoms with van der Waals surface area (Å²) in [6.07, 6.45) is 1.08. The number of rotatable bonds is 2. The molecule has 0 saturated carbocycles. The maximum absolute atomic E-state index is 10.5. The molecule has 0 bridgehead atoms. The first-order chi connectivity index (χ1) is 4.33. The maximum atomic E-state index is 10.5. The minimum absolute atomic E-state index is 0.0940. The van der Waals surface area contributed by atoms with Gasteiger partial charge in [0, 0.05) is 6.54 Å². The zero-order chi connectivity index (χ0) is 6.69. The Kier molecular flexibility index (Phi) is 2.05. The Morgan fingerprint density at radius 2 is 2.56 bits per heavy atom. The number of carbonyl (C=O) groups excluding carboxylic acids is 1. The van der Waals surface area contributed by atoms with Crippen LogP contribution < -0.4 is 0 Å². The van der Waals surface area contributed by atoms with E-state index in [1.807, 2.05) is 4.90 Å². The molecular weight excluding hydrogens is 118 g/mol. The number of hydrogen-bond acceptors (Lipinski definition) is 3. The van der Waals surface area contributed by atoms with Crippen LogP contribution in [-0.2, 0) is 9.53 Å². The van der Waals surface area contributed by atoms with Crippen LogP contribution in [0.15, 0.2) is 0 Å². The quantitative estimate of drug-likeness (QED) is 0.499. The van der Waals surface area contributed by atoms with Crippen molar-refractivity contribution in [2.24, 2.45) is 0 Å². The molecule has 0 aliphatic carbocycles. The molecule has 1 heterocycles. The number of ether oxygens (including phenoxy) is 1. The summed E-state index contributed by atoms with van der Waals surface area (Å²) in [5.41, 5.74) is 0. The van der Waals surface area contributed by atoms with Gasteiger partial charge < -0.3 is 4.74 Å². The van der Waals surface area contributed by atoms with Gasteiger partial charge in [0.2, 0.25) is 0 Å². The first-order valence-corrected chi connectivity index (χ1v) is 3.21. The van der Waals surface area contributed by atoms with E-state index in [0.29, 0.717) is 13.3 Å². The van der Waals surface area contributed by atoms with Gasteiger partial charge in [-0.25, -0.2) is 0 Å². The summed E-state index contributed by atoms with van der Waals surface area (Å²) in [4.78, 5) is 12.5. The van der Waals surface area contributed by atoms with E-state index in [2.05, 4.69) is 6.92 Å². The molecule has 1 fully saturated rings. The van der Waals surface area contributed by atoms with Crippen LogP contribution in [0.25, 0.3) is 0 Å². The average Bonchev–Trinajstić information content (AvgIpc) is 2.17. The van der Waals surface area contributed by atoms with Gasteiger partial charge in [0.15, 0.2) is 0 Å². The normalized spacial score (nSPS) is 20.3. The van der Waals surface area contributed by atoms with Crippen LogP contribution in [0.1, 0.15) is 13.3 Å². The van der Waals surface area contributed by atoms with Crippen molar-refractivity contribution in [3.05, 3.63) is 0 Å². The van der Waals surface area contributed by atoms with Gasteiger partial charge in [-0.2, -0.15) is 0 Å². The first-order valence-electron chi connectivity index (χ1n) is 3.21. The van der Waals surface area contributed by atoms with Gasteiger partial charge in [-0.3, -0.25) is 9.69 Å². The van der Waals surface area contributed by atoms with E-state index in [1.165, 1.54) is 0 Å². The van der Waals surface area contributed by atoms with Gasteiger partial charge in [-0.05, 0) is 6.42 Å². The SMILES string of the molecule is CCCN1COC(=O)C1. The fourth-order valence-electron chi connectivity index (χ4n) is 0.897. The molecule has 1 rings (SSSR count). The van der Waals surface area contributed by atoms with Crippen molar-refractivity contribution in [2.45, 2.75) is 13.3 Å². The van der Waals surface area contributed by atoms with Gasteiger partial charge in [0.1, 0.15) is 6.73 Å². The van der Waals surface area contributed by atoms with Crippen LogP contribution in [0.5, 0.6) is 0 Å². The van der Waals surface area contributed by atoms with Crippen molar-refractivity contribution in [2.75, 3.05) is 19.8 Å². The Balaban J connectivity index is 2.22. The summed E-state index contributed by atoms with van der Waals surface area (Å²) in [6.45, 7) is 4.02. The summed E-state index contributed by atoms with van der Waals surface area (Å²) in [6, 6.07) is 0. The lowest BCUT2D eigenvalue weighted by Gasteiger charge is -2.06. The van der Waals surface area contributed by atoms with E-state index >= 15 is 0 Å². The summed E-state index contributed by atoms with van der Waals surface area (Å²) < 4.78 is 4.70. The van der Waals surface area contributed by atoms with Gasteiger partial charge >= 0.3 is 5.97 Å². The number of nitrogens with zero attached hydrogens (tertiary/aromatic N) is 1. The second-order valence-corrected chi connectivity index (χ2v) is 2.20. The van der Waals surface area contributed by atoms with Crippen LogP contribution in [0.4, 0.5) is 0 Å². The van der Waals surface area contributed by atoms with Crippen LogP contribution in [0.2, 0.25) is 0 Å². The molecule has 1 saturated heterocycles. The second-order valence-electron chi connectivity index (χ2n) is 2.20. The van der Waals surface area contributed by atoms with Crippen molar-refractivity contribution in [3.63, 3.8) is 0 Å². The lowest BCUT2D eigenvalue weighted by molar-refractivity contribution is -0.136. The summed E-state index contributed by atoms with van der Waals surface area (Å²) in [5, 5.41) is 0. The van der Waals surface area contributed by atoms with Crippen molar-refractivity contribution >= 4 is 5.97 Å². The second kappa shape index (κ2) is 2.82. The molecule has 3 heteroatoms. The van der Waals surface area contributed by atoms with Crippen molar-refractivity contribution in [1.82, 2.24) is 4.90 Å². The molecule has 0 radical (unpaired) electrons. The Labute approximate surface area is 54.6 Å². The smallest absolute Gasteiger partial charge is 0.321 e. The van der Waals surface area contributed by atoms with Crippen molar-refractivity contribution < 1.29 is 9.53 Å². The molecule has 1 aliphatic heterocycles. The van der Waals surface area contributed by atoms with E-state index in [1.54, 1.807) is 0 Å². The van der Waals surface area contributed by atoms with E-state index in [4.69, 9.17) is 4.74 Å². The summed E-state index contributed by atoms with van der Waals surface area (Å²) in [7, 11) is 0. The molecule has 0 atom stereocenters. The maximum Gasteiger partial charge on any atom is 0.321 e. The largest absolute Gasteiger partial charge is 0.449 e. The Hall–Kier alpha value is -0.570. The predicted octanol–water partition coefficient (Wildman–Crippen LogP) is 0.213. The van der Waals surface area contributed by atoms with Crippen LogP contribution >= 0.6 is 0 Å². The van der Waals surface area contributed by atoms with Gasteiger partial charge in [-0.1, -0.05) is 6.92 Å². The fourth-order valence-corrected chi connectivity index (χ4v) is 0.897. The van der Waals surface area contributed by atoms with E-state index in [-0.39, 0.29) is 5.97 Å². The van der Waals surface area contributed by atoms with Gasteiger partial charge in [0.25, 0.3) is 0 Å². The zero-order valence-corrected chi connectivity index (χ0v) is 5.59. The topological polar surface area (TPSA) is 29.5 Å². The molecule has 0 N–H and O–H groups in total. The zero-order valence-electron chi connectivity index (χ0n) is 5.59. The molecule has 0 amide bonds. The molecular formula is C6H11NO2. The highest BCUT2D eigenvalue weighted by molar-refractivity contribution is 5.73. The average molecular weight is 129 g/mol. The van der Waals surface area contributed by atoms with Crippen molar-refractivity contribution in [3.8, 4) is 0 Å². The number of carbonyl (C=O) groups is 1. The minimum atomic E-state index is -0.0940. The number of cyclic esters (lactones) is 1. The van der Waals surface area contributed by atoms with Crippen molar-refractivity contribution in [1.29, 1.82) is 0 Å². The van der Waals surface area contributed by atoms with Crippen LogP contribution in [-0.4, -0.2) is 30.7 Å². The summed E-state index contributed by atoms with van der Waals surface area (Å²) >= 11 is 0. The van der Waals surface area contributed by atoms with E-state index < -0.39 is 0 Å². The molecule has 3 nitrogen and oxygen atoms in total. The van der Waals surface area contributed by atoms with E-state index in [9.17, 15) is 4.79 Å². The summed E-state index contributed by atoms with van der Waals surface area (Å²) in [5.74, 6) is -0.0940. The van der Waals surface area contributed by atoms with Gasteiger partial charge in [0.05, 0.1) is 6.54 Å². The minimum Gasteiger partial charge on any atom is -0.449 e. The highest BCUT2D eigenvalue weighted by Crippen LogP contribution is 2.00. The third kappa shape index (κ3) is 1.68. The highest BCUT2D eigenvalue weighted by atomic mass is 16.6. The van der Waals surface area contributed by atoms with E-state index in [0.717, 1.165) is 13.0 Å². The third-order valence-electron chi connectivity index (χ3n) is 1.30. The molecule has 0 unspecified atom stereocenters. The van der Waals surface area contributed by atoms with Gasteiger partial charge in [-0.15, -0.1) is 0 Å². The Morgan fingerprint density at radius 3 is 3.00 bits per heavy atom. The molecule has 0 spiro atoms. The number of esters is 1. The van der Waals surface area contributed by atoms with Crippen LogP contribution in [0.3, 0.4) is 0 Å². The Bertz CT molecular complexity index is 114. The first kappa shape index (κ1) is 6.55. The number of hydrogen-bond donors (Lipinski definition) is 0. The molecule has 1 aliphatic rings. The lowest BCUT2D eigenvalue weighted by atomic mass is 10.4. The monoisotopic (exact) mass is 129 g/mol. The molecule has 0 aromatic rings. The fraction of sp³-hybridized carbons (Fsp3) is 0.833. The highest BCUT2D eigenvalue weighted by Gasteiger charge is 2.18. The third-order valence-corrected chi connectivity index (χ3v) is 1.30. The Morgan fingerprint density at radius 1 is 1.78 bits per heavy atom. The molecule has 52 valence electrons. The molecule has 9 heavy (non-hydrogen) atoms. The molecule has 0 aromatic carbocycles.